The van der Waals surface area contributed by atoms with Crippen LogP contribution in [0.25, 0.3) is 0 Å². The van der Waals surface area contributed by atoms with Crippen LogP contribution in [0.4, 0.5) is 14.5 Å². The number of aromatic nitrogens is 2. The van der Waals surface area contributed by atoms with Crippen molar-refractivity contribution in [3.8, 4) is 0 Å². The molecule has 0 spiro atoms. The Hall–Kier alpha value is -2.98. The summed E-state index contributed by atoms with van der Waals surface area (Å²) in [6.45, 7) is 10.7. The van der Waals surface area contributed by atoms with Gasteiger partial charge in [0.1, 0.15) is 5.69 Å². The second-order valence-electron chi connectivity index (χ2n) is 11.5. The van der Waals surface area contributed by atoms with E-state index in [4.69, 9.17) is 0 Å². The van der Waals surface area contributed by atoms with Crippen molar-refractivity contribution < 1.29 is 18.4 Å². The van der Waals surface area contributed by atoms with Crippen molar-refractivity contribution in [2.75, 3.05) is 37.6 Å². The fourth-order valence-electron chi connectivity index (χ4n) is 5.89. The van der Waals surface area contributed by atoms with Gasteiger partial charge in [-0.05, 0) is 24.6 Å². The van der Waals surface area contributed by atoms with Crippen molar-refractivity contribution in [1.29, 1.82) is 0 Å². The lowest BCUT2D eigenvalue weighted by Crippen LogP contribution is -2.60. The first-order valence-corrected chi connectivity index (χ1v) is 13.4. The summed E-state index contributed by atoms with van der Waals surface area (Å²) in [7, 11) is 0. The maximum absolute atomic E-state index is 14.7. The number of halogens is 2. The van der Waals surface area contributed by atoms with E-state index in [-0.39, 0.29) is 42.6 Å². The molecule has 0 aromatic carbocycles. The third-order valence-corrected chi connectivity index (χ3v) is 7.98. The van der Waals surface area contributed by atoms with Crippen LogP contribution in [0.15, 0.2) is 30.7 Å². The quantitative estimate of drug-likeness (QED) is 0.596. The van der Waals surface area contributed by atoms with Gasteiger partial charge >= 0.3 is 0 Å². The lowest BCUT2D eigenvalue weighted by Gasteiger charge is -2.41. The largest absolute Gasteiger partial charge is 0.333 e. The van der Waals surface area contributed by atoms with Crippen molar-refractivity contribution in [3.63, 3.8) is 0 Å². The van der Waals surface area contributed by atoms with Gasteiger partial charge in [0.2, 0.25) is 5.91 Å². The van der Waals surface area contributed by atoms with E-state index in [2.05, 4.69) is 27.1 Å². The van der Waals surface area contributed by atoms with Crippen LogP contribution in [0.3, 0.4) is 0 Å². The topological polar surface area (TPSA) is 81.7 Å². The number of anilines is 1. The minimum absolute atomic E-state index is 0.0405. The molecule has 0 saturated carbocycles. The van der Waals surface area contributed by atoms with Gasteiger partial charge < -0.3 is 15.1 Å². The number of carbonyl (C=O) groups excluding carboxylic acids is 2. The van der Waals surface area contributed by atoms with Crippen LogP contribution in [0.5, 0.6) is 0 Å². The molecule has 8 nitrogen and oxygen atoms in total. The highest BCUT2D eigenvalue weighted by Crippen LogP contribution is 2.43. The molecule has 5 heterocycles. The molecule has 3 aliphatic heterocycles. The van der Waals surface area contributed by atoms with Gasteiger partial charge in [-0.25, -0.2) is 0 Å². The van der Waals surface area contributed by atoms with Gasteiger partial charge in [-0.3, -0.25) is 24.5 Å². The van der Waals surface area contributed by atoms with Gasteiger partial charge in [-0.15, -0.1) is 0 Å². The number of nitrogens with one attached hydrogen (secondary N) is 1. The Labute approximate surface area is 222 Å². The average Bonchev–Trinajstić information content (AvgIpc) is 3.33. The van der Waals surface area contributed by atoms with E-state index in [0.717, 1.165) is 11.1 Å². The molecule has 0 aliphatic carbocycles. The summed E-state index contributed by atoms with van der Waals surface area (Å²) >= 11 is 0. The molecule has 10 heteroatoms. The van der Waals surface area contributed by atoms with Crippen molar-refractivity contribution in [2.24, 2.45) is 0 Å². The number of piperazine rings is 1. The summed E-state index contributed by atoms with van der Waals surface area (Å²) in [5.41, 5.74) is 2.25. The highest BCUT2D eigenvalue weighted by molar-refractivity contribution is 5.98. The summed E-state index contributed by atoms with van der Waals surface area (Å²) in [6.07, 6.45) is 4.87. The summed E-state index contributed by atoms with van der Waals surface area (Å²) in [5.74, 6) is -3.21. The van der Waals surface area contributed by atoms with E-state index in [1.807, 2.05) is 24.8 Å². The van der Waals surface area contributed by atoms with Crippen molar-refractivity contribution in [1.82, 2.24) is 25.1 Å². The van der Waals surface area contributed by atoms with Gasteiger partial charge in [0.15, 0.2) is 0 Å². The smallest absolute Gasteiger partial charge is 0.289 e. The maximum Gasteiger partial charge on any atom is 0.289 e. The van der Waals surface area contributed by atoms with Crippen LogP contribution in [0, 0.1) is 0 Å². The number of nitrogens with zero attached hydrogens (tertiary/aromatic N) is 5. The van der Waals surface area contributed by atoms with E-state index in [1.165, 1.54) is 12.3 Å². The Morgan fingerprint density at radius 1 is 1.29 bits per heavy atom. The minimum atomic E-state index is -3.04. The predicted octanol–water partition coefficient (Wildman–Crippen LogP) is 3.31. The predicted molar refractivity (Wildman–Crippen MR) is 140 cm³/mol. The lowest BCUT2D eigenvalue weighted by atomic mass is 9.88. The summed E-state index contributed by atoms with van der Waals surface area (Å²) in [5, 5.41) is 3.47. The summed E-state index contributed by atoms with van der Waals surface area (Å²) < 4.78 is 29.4. The van der Waals surface area contributed by atoms with E-state index in [0.29, 0.717) is 50.4 Å². The van der Waals surface area contributed by atoms with Crippen LogP contribution in [0.1, 0.15) is 67.7 Å². The molecule has 1 fully saturated rings. The molecule has 2 amide bonds. The number of hydrogen-bond donors (Lipinski definition) is 1. The third kappa shape index (κ3) is 4.91. The summed E-state index contributed by atoms with van der Waals surface area (Å²) in [6, 6.07) is 3.40. The molecule has 0 radical (unpaired) electrons. The van der Waals surface area contributed by atoms with E-state index >= 15 is 0 Å². The zero-order chi connectivity index (χ0) is 27.2. The fourth-order valence-corrected chi connectivity index (χ4v) is 5.89. The molecule has 2 atom stereocenters. The van der Waals surface area contributed by atoms with Crippen LogP contribution >= 0.6 is 0 Å². The second-order valence-corrected chi connectivity index (χ2v) is 11.5. The Morgan fingerprint density at radius 3 is 2.82 bits per heavy atom. The number of amides is 2. The monoisotopic (exact) mass is 526 g/mol. The SMILES string of the molecule is CCCC(F)(F)c1cc2c(cn1)C(C)(C)CN2C(=O)CN1C[C@@H](C)NC[C@@H]1CN1Cc2ccncc2C1=O. The van der Waals surface area contributed by atoms with E-state index in [9.17, 15) is 18.4 Å². The number of fused-ring (bicyclic) bond motifs is 2. The van der Waals surface area contributed by atoms with Gasteiger partial charge in [-0.1, -0.05) is 27.2 Å². The van der Waals surface area contributed by atoms with E-state index in [1.54, 1.807) is 24.2 Å². The number of rotatable bonds is 7. The first kappa shape index (κ1) is 26.6. The fraction of sp³-hybridized carbons (Fsp3) is 0.571. The van der Waals surface area contributed by atoms with Crippen LogP contribution in [-0.2, 0) is 22.7 Å². The van der Waals surface area contributed by atoms with Crippen molar-refractivity contribution in [2.45, 2.75) is 70.5 Å². The molecule has 0 unspecified atom stereocenters. The van der Waals surface area contributed by atoms with Crippen LogP contribution in [-0.4, -0.2) is 76.4 Å². The number of carbonyl (C=O) groups is 2. The molecule has 0 bridgehead atoms. The number of alkyl halides is 2. The Kier molecular flexibility index (Phi) is 6.98. The standard InChI is InChI=1S/C28H36F2N6O2/c1-5-7-28(29,30)24-9-23-22(12-33-24)27(3,4)17-36(23)25(37)16-34-13-18(2)32-10-20(34)15-35-14-19-6-8-31-11-21(19)26(35)38/h6,8-9,11-12,18,20,32H,5,7,10,13-17H2,1-4H3/t18-,20-/m1/s1. The number of hydrogen-bond acceptors (Lipinski definition) is 6. The highest BCUT2D eigenvalue weighted by Gasteiger charge is 2.42. The third-order valence-electron chi connectivity index (χ3n) is 7.98. The molecule has 38 heavy (non-hydrogen) atoms. The second kappa shape index (κ2) is 9.96. The zero-order valence-electron chi connectivity index (χ0n) is 22.5. The highest BCUT2D eigenvalue weighted by atomic mass is 19.3. The average molecular weight is 527 g/mol. The molecule has 5 rings (SSSR count). The van der Waals surface area contributed by atoms with E-state index < -0.39 is 11.3 Å². The van der Waals surface area contributed by atoms with Crippen LogP contribution in [0.2, 0.25) is 0 Å². The molecular formula is C28H36F2N6O2. The molecule has 1 N–H and O–H groups in total. The van der Waals surface area contributed by atoms with Gasteiger partial charge in [0.05, 0.1) is 17.8 Å². The van der Waals surface area contributed by atoms with Crippen LogP contribution < -0.4 is 10.2 Å². The zero-order valence-corrected chi connectivity index (χ0v) is 22.5. The van der Waals surface area contributed by atoms with Crippen molar-refractivity contribution >= 4 is 17.5 Å². The minimum Gasteiger partial charge on any atom is -0.333 e. The molecule has 2 aromatic rings. The first-order valence-electron chi connectivity index (χ1n) is 13.4. The lowest BCUT2D eigenvalue weighted by molar-refractivity contribution is -0.120. The molecule has 3 aliphatic rings. The molecule has 1 saturated heterocycles. The number of pyridine rings is 2. The van der Waals surface area contributed by atoms with Gasteiger partial charge in [-0.2, -0.15) is 8.78 Å². The first-order chi connectivity index (χ1) is 18.0. The Balaban J connectivity index is 1.35. The normalized spacial score (nSPS) is 23.1. The summed E-state index contributed by atoms with van der Waals surface area (Å²) in [4.78, 5) is 40.5. The maximum atomic E-state index is 14.7. The van der Waals surface area contributed by atoms with Gasteiger partial charge in [0.25, 0.3) is 11.8 Å². The molecule has 204 valence electrons. The molecular weight excluding hydrogens is 490 g/mol. The van der Waals surface area contributed by atoms with Crippen molar-refractivity contribution in [3.05, 3.63) is 53.1 Å². The Bertz CT molecular complexity index is 1240. The Morgan fingerprint density at radius 2 is 2.08 bits per heavy atom. The van der Waals surface area contributed by atoms with Gasteiger partial charge in [0, 0.05) is 80.8 Å². The molecule has 2 aromatic heterocycles.